The molecule has 3 N–H and O–H groups in total. The molecule has 0 bridgehead atoms. The van der Waals surface area contributed by atoms with Crippen LogP contribution in [0.15, 0.2) is 30.3 Å². The number of benzene rings is 1. The van der Waals surface area contributed by atoms with E-state index in [1.807, 2.05) is 6.92 Å². The zero-order valence-corrected chi connectivity index (χ0v) is 12.1. The Morgan fingerprint density at radius 2 is 2.00 bits per heavy atom. The van der Waals surface area contributed by atoms with E-state index in [2.05, 4.69) is 24.5 Å². The van der Waals surface area contributed by atoms with E-state index in [1.54, 1.807) is 23.5 Å². The highest BCUT2D eigenvalue weighted by atomic mass is 32.1. The van der Waals surface area contributed by atoms with Crippen molar-refractivity contribution in [3.8, 4) is 0 Å². The van der Waals surface area contributed by atoms with Crippen molar-refractivity contribution in [3.63, 3.8) is 0 Å². The maximum absolute atomic E-state index is 13.4. The number of nitrogens with two attached hydrogens (primary N) is 1. The molecule has 1 aromatic heterocycles. The van der Waals surface area contributed by atoms with E-state index in [0.717, 1.165) is 24.0 Å². The Labute approximate surface area is 117 Å². The lowest BCUT2D eigenvalue weighted by Gasteiger charge is -2.18. The molecule has 102 valence electrons. The van der Waals surface area contributed by atoms with Gasteiger partial charge in [0.15, 0.2) is 0 Å². The van der Waals surface area contributed by atoms with Gasteiger partial charge in [0.2, 0.25) is 0 Å². The van der Waals surface area contributed by atoms with Crippen molar-refractivity contribution < 1.29 is 4.39 Å². The monoisotopic (exact) mass is 278 g/mol. The molecule has 2 rings (SSSR count). The smallest absolute Gasteiger partial charge is 0.123 e. The molecule has 1 heterocycles. The topological polar surface area (TPSA) is 38.0 Å². The summed E-state index contributed by atoms with van der Waals surface area (Å²) < 4.78 is 13.4. The van der Waals surface area contributed by atoms with Crippen LogP contribution in [0, 0.1) is 12.7 Å². The molecule has 1 unspecified atom stereocenters. The van der Waals surface area contributed by atoms with Gasteiger partial charge in [-0.25, -0.2) is 4.39 Å². The van der Waals surface area contributed by atoms with E-state index in [9.17, 15) is 4.39 Å². The average molecular weight is 278 g/mol. The highest BCUT2D eigenvalue weighted by Gasteiger charge is 2.15. The van der Waals surface area contributed by atoms with Crippen LogP contribution >= 0.6 is 11.3 Å². The molecule has 0 aliphatic rings. The van der Waals surface area contributed by atoms with Gasteiger partial charge in [0.05, 0.1) is 6.04 Å². The van der Waals surface area contributed by atoms with Crippen LogP contribution in [0.1, 0.15) is 33.8 Å². The molecule has 1 atom stereocenters. The number of hydrogen-bond donors (Lipinski definition) is 2. The fourth-order valence-electron chi connectivity index (χ4n) is 2.17. The maximum Gasteiger partial charge on any atom is 0.123 e. The lowest BCUT2D eigenvalue weighted by Crippen LogP contribution is -2.30. The summed E-state index contributed by atoms with van der Waals surface area (Å²) in [5.74, 6) is 5.42. The number of thiophene rings is 1. The van der Waals surface area contributed by atoms with Crippen LogP contribution in [0.2, 0.25) is 0 Å². The summed E-state index contributed by atoms with van der Waals surface area (Å²) in [6.07, 6.45) is 1.83. The summed E-state index contributed by atoms with van der Waals surface area (Å²) in [6, 6.07) is 9.05. The van der Waals surface area contributed by atoms with Crippen molar-refractivity contribution in [2.45, 2.75) is 32.7 Å². The second kappa shape index (κ2) is 6.28. The summed E-state index contributed by atoms with van der Waals surface area (Å²) >= 11 is 1.79. The quantitative estimate of drug-likeness (QED) is 0.649. The SMILES string of the molecule is CCc1ccc(CC(NN)c2cc(F)ccc2C)s1. The molecule has 2 aromatic rings. The fraction of sp³-hybridized carbons (Fsp3) is 0.333. The normalized spacial score (nSPS) is 12.6. The predicted octanol–water partition coefficient (Wildman–Crippen LogP) is 3.51. The Kier molecular flexibility index (Phi) is 4.69. The number of nitrogens with one attached hydrogen (secondary N) is 1. The molecule has 0 aliphatic heterocycles. The second-order valence-electron chi connectivity index (χ2n) is 4.65. The van der Waals surface area contributed by atoms with Gasteiger partial charge in [-0.15, -0.1) is 11.3 Å². The van der Waals surface area contributed by atoms with Crippen molar-refractivity contribution in [2.24, 2.45) is 5.84 Å². The third-order valence-corrected chi connectivity index (χ3v) is 4.54. The number of aryl methyl sites for hydroxylation is 2. The Bertz CT molecular complexity index is 551. The van der Waals surface area contributed by atoms with E-state index in [1.165, 1.54) is 15.8 Å². The van der Waals surface area contributed by atoms with Crippen LogP contribution in [0.25, 0.3) is 0 Å². The standard InChI is InChI=1S/C15H19FN2S/c1-3-12-6-7-13(19-12)9-15(18-17)14-8-11(16)5-4-10(14)2/h4-8,15,18H,3,9,17H2,1-2H3. The first kappa shape index (κ1) is 14.2. The van der Waals surface area contributed by atoms with Crippen molar-refractivity contribution >= 4 is 11.3 Å². The van der Waals surface area contributed by atoms with Crippen LogP contribution in [-0.4, -0.2) is 0 Å². The molecule has 2 nitrogen and oxygen atoms in total. The molecule has 0 saturated heterocycles. The lowest BCUT2D eigenvalue weighted by molar-refractivity contribution is 0.545. The summed E-state index contributed by atoms with van der Waals surface area (Å²) in [5, 5.41) is 0. The van der Waals surface area contributed by atoms with E-state index < -0.39 is 0 Å². The molecular formula is C15H19FN2S. The Balaban J connectivity index is 2.22. The van der Waals surface area contributed by atoms with Crippen molar-refractivity contribution in [1.82, 2.24) is 5.43 Å². The largest absolute Gasteiger partial charge is 0.271 e. The van der Waals surface area contributed by atoms with Gasteiger partial charge >= 0.3 is 0 Å². The minimum Gasteiger partial charge on any atom is -0.271 e. The Morgan fingerprint density at radius 1 is 1.26 bits per heavy atom. The lowest BCUT2D eigenvalue weighted by atomic mass is 9.98. The number of hydrogen-bond acceptors (Lipinski definition) is 3. The molecule has 4 heteroatoms. The first-order chi connectivity index (χ1) is 9.13. The van der Waals surface area contributed by atoms with Gasteiger partial charge in [-0.05, 0) is 48.7 Å². The summed E-state index contributed by atoms with van der Waals surface area (Å²) in [5.41, 5.74) is 4.78. The van der Waals surface area contributed by atoms with Gasteiger partial charge in [0, 0.05) is 16.2 Å². The van der Waals surface area contributed by atoms with Gasteiger partial charge in [0.25, 0.3) is 0 Å². The minimum absolute atomic E-state index is 0.0564. The van der Waals surface area contributed by atoms with Crippen LogP contribution in [0.4, 0.5) is 4.39 Å². The molecule has 0 saturated carbocycles. The zero-order valence-electron chi connectivity index (χ0n) is 11.2. The van der Waals surface area contributed by atoms with Crippen LogP contribution < -0.4 is 11.3 Å². The van der Waals surface area contributed by atoms with Gasteiger partial charge in [-0.3, -0.25) is 11.3 Å². The third-order valence-electron chi connectivity index (χ3n) is 3.29. The van der Waals surface area contributed by atoms with Gasteiger partial charge in [-0.1, -0.05) is 13.0 Å². The summed E-state index contributed by atoms with van der Waals surface area (Å²) in [6.45, 7) is 4.12. The number of hydrazine groups is 1. The summed E-state index contributed by atoms with van der Waals surface area (Å²) in [4.78, 5) is 2.63. The first-order valence-electron chi connectivity index (χ1n) is 6.43. The molecule has 0 spiro atoms. The second-order valence-corrected chi connectivity index (χ2v) is 5.90. The Hall–Kier alpha value is -1.23. The van der Waals surface area contributed by atoms with Crippen LogP contribution in [0.3, 0.4) is 0 Å². The van der Waals surface area contributed by atoms with Gasteiger partial charge in [0.1, 0.15) is 5.82 Å². The van der Waals surface area contributed by atoms with Crippen molar-refractivity contribution in [1.29, 1.82) is 0 Å². The van der Waals surface area contributed by atoms with E-state index >= 15 is 0 Å². The highest BCUT2D eigenvalue weighted by Crippen LogP contribution is 2.26. The van der Waals surface area contributed by atoms with E-state index in [0.29, 0.717) is 0 Å². The minimum atomic E-state index is -0.221. The molecule has 1 aromatic carbocycles. The highest BCUT2D eigenvalue weighted by molar-refractivity contribution is 7.11. The maximum atomic E-state index is 13.4. The predicted molar refractivity (Wildman–Crippen MR) is 78.6 cm³/mol. The molecule has 19 heavy (non-hydrogen) atoms. The van der Waals surface area contributed by atoms with E-state index in [-0.39, 0.29) is 11.9 Å². The van der Waals surface area contributed by atoms with Crippen LogP contribution in [0.5, 0.6) is 0 Å². The number of halogens is 1. The molecule has 0 radical (unpaired) electrons. The van der Waals surface area contributed by atoms with Crippen molar-refractivity contribution in [3.05, 3.63) is 57.0 Å². The fourth-order valence-corrected chi connectivity index (χ4v) is 3.17. The third kappa shape index (κ3) is 3.41. The van der Waals surface area contributed by atoms with Crippen molar-refractivity contribution in [2.75, 3.05) is 0 Å². The molecular weight excluding hydrogens is 259 g/mol. The number of rotatable bonds is 5. The van der Waals surface area contributed by atoms with Gasteiger partial charge in [-0.2, -0.15) is 0 Å². The molecule has 0 aliphatic carbocycles. The zero-order chi connectivity index (χ0) is 13.8. The first-order valence-corrected chi connectivity index (χ1v) is 7.25. The molecule has 0 amide bonds. The van der Waals surface area contributed by atoms with Gasteiger partial charge < -0.3 is 0 Å². The summed E-state index contributed by atoms with van der Waals surface area (Å²) in [7, 11) is 0. The molecule has 0 fully saturated rings. The van der Waals surface area contributed by atoms with Crippen LogP contribution in [-0.2, 0) is 12.8 Å². The Morgan fingerprint density at radius 3 is 2.63 bits per heavy atom. The average Bonchev–Trinajstić information content (AvgIpc) is 2.87. The van der Waals surface area contributed by atoms with E-state index in [4.69, 9.17) is 5.84 Å².